The van der Waals surface area contributed by atoms with Crippen molar-refractivity contribution in [2.45, 2.75) is 13.8 Å². The van der Waals surface area contributed by atoms with Crippen molar-refractivity contribution in [1.82, 2.24) is 15.0 Å². The average molecular weight is 357 g/mol. The van der Waals surface area contributed by atoms with Crippen LogP contribution in [0.25, 0.3) is 11.3 Å². The Bertz CT molecular complexity index is 751. The molecule has 0 atom stereocenters. The van der Waals surface area contributed by atoms with Crippen LogP contribution in [0.2, 0.25) is 0 Å². The van der Waals surface area contributed by atoms with E-state index in [1.807, 2.05) is 12.1 Å². The van der Waals surface area contributed by atoms with Crippen LogP contribution in [0.4, 0.5) is 0 Å². The molecule has 3 rings (SSSR count). The first kappa shape index (κ1) is 14.2. The summed E-state index contributed by atoms with van der Waals surface area (Å²) in [6.45, 7) is 4.13. The van der Waals surface area contributed by atoms with Gasteiger partial charge in [0.15, 0.2) is 0 Å². The van der Waals surface area contributed by atoms with E-state index in [9.17, 15) is 0 Å². The molecule has 104 valence electrons. The summed E-state index contributed by atoms with van der Waals surface area (Å²) in [5.41, 5.74) is 4.44. The molecule has 0 saturated heterocycles. The van der Waals surface area contributed by atoms with Gasteiger partial charge in [0.1, 0.15) is 0 Å². The van der Waals surface area contributed by atoms with Gasteiger partial charge in [0.25, 0.3) is 0 Å². The van der Waals surface area contributed by atoms with Crippen molar-refractivity contribution in [3.63, 3.8) is 0 Å². The molecule has 0 saturated carbocycles. The molecule has 3 aromatic rings. The zero-order chi connectivity index (χ0) is 14.8. The Morgan fingerprint density at radius 1 is 1.14 bits per heavy atom. The topological polar surface area (TPSA) is 47.9 Å². The first-order valence-corrected chi connectivity index (χ1v) is 8.15. The summed E-state index contributed by atoms with van der Waals surface area (Å²) in [6, 6.07) is 4.00. The summed E-state index contributed by atoms with van der Waals surface area (Å²) in [5, 5.41) is 2.08. The zero-order valence-electron chi connectivity index (χ0n) is 11.6. The maximum atomic E-state index is 5.74. The maximum absolute atomic E-state index is 5.74. The van der Waals surface area contributed by atoms with Crippen LogP contribution >= 0.6 is 11.3 Å². The van der Waals surface area contributed by atoms with Gasteiger partial charge >= 0.3 is 136 Å². The molecule has 0 aliphatic rings. The van der Waals surface area contributed by atoms with Crippen LogP contribution in [-0.2, 0) is 0 Å². The number of ether oxygens (including phenoxy) is 1. The van der Waals surface area contributed by atoms with E-state index in [4.69, 9.17) is 4.74 Å². The summed E-state index contributed by atoms with van der Waals surface area (Å²) in [5.74, 6) is 1.25. The third-order valence-electron chi connectivity index (χ3n) is 3.02. The van der Waals surface area contributed by atoms with Crippen LogP contribution in [0.3, 0.4) is 0 Å². The van der Waals surface area contributed by atoms with Crippen molar-refractivity contribution in [2.24, 2.45) is 0 Å². The summed E-state index contributed by atoms with van der Waals surface area (Å²) in [7, 11) is 0. The molecule has 0 amide bonds. The molecule has 6 heteroatoms. The summed E-state index contributed by atoms with van der Waals surface area (Å²) in [4.78, 5) is 12.7. The third-order valence-corrected chi connectivity index (χ3v) is 4.53. The average Bonchev–Trinajstić information content (AvgIpc) is 2.85. The SMILES string of the molecule is Cc1cc(Oc2cnccn2)cc(C)c1-c1csc([As])n1. The molecular weight excluding hydrogens is 345 g/mol. The molecule has 0 N–H and O–H groups in total. The Balaban J connectivity index is 1.96. The van der Waals surface area contributed by atoms with Crippen LogP contribution in [0.1, 0.15) is 11.1 Å². The van der Waals surface area contributed by atoms with E-state index in [-0.39, 0.29) is 0 Å². The second-order valence-electron chi connectivity index (χ2n) is 4.59. The van der Waals surface area contributed by atoms with Crippen LogP contribution in [0.15, 0.2) is 36.1 Å². The Labute approximate surface area is 135 Å². The van der Waals surface area contributed by atoms with Crippen molar-refractivity contribution in [1.29, 1.82) is 0 Å². The predicted octanol–water partition coefficient (Wildman–Crippen LogP) is 2.80. The molecule has 1 aromatic carbocycles. The Morgan fingerprint density at radius 2 is 1.90 bits per heavy atom. The second-order valence-corrected chi connectivity index (χ2v) is 7.00. The number of hydrogen-bond donors (Lipinski definition) is 0. The second kappa shape index (κ2) is 5.96. The minimum atomic E-state index is 0.492. The van der Waals surface area contributed by atoms with Crippen LogP contribution < -0.4 is 8.53 Å². The Hall–Kier alpha value is -1.71. The van der Waals surface area contributed by atoms with Crippen molar-refractivity contribution >= 4 is 32.0 Å². The van der Waals surface area contributed by atoms with Crippen LogP contribution in [0, 0.1) is 13.8 Å². The molecule has 2 radical (unpaired) electrons. The number of thiazole rings is 1. The fourth-order valence-electron chi connectivity index (χ4n) is 2.22. The van der Waals surface area contributed by atoms with E-state index in [0.717, 1.165) is 31.9 Å². The number of aromatic nitrogens is 3. The van der Waals surface area contributed by atoms with Gasteiger partial charge in [-0.3, -0.25) is 0 Å². The predicted molar refractivity (Wildman–Crippen MR) is 84.5 cm³/mol. The molecular formula is C15H12AsN3OS. The van der Waals surface area contributed by atoms with E-state index in [2.05, 4.69) is 51.0 Å². The quantitative estimate of drug-likeness (QED) is 0.677. The minimum absolute atomic E-state index is 0.492. The first-order valence-electron chi connectivity index (χ1n) is 6.33. The number of rotatable bonds is 3. The molecule has 2 aromatic heterocycles. The molecule has 0 spiro atoms. The van der Waals surface area contributed by atoms with E-state index in [1.165, 1.54) is 0 Å². The van der Waals surface area contributed by atoms with Gasteiger partial charge in [-0.1, -0.05) is 0 Å². The zero-order valence-corrected chi connectivity index (χ0v) is 14.3. The normalized spacial score (nSPS) is 10.6. The van der Waals surface area contributed by atoms with E-state index < -0.39 is 0 Å². The summed E-state index contributed by atoms with van der Waals surface area (Å²) < 4.78 is 6.75. The van der Waals surface area contributed by atoms with Gasteiger partial charge in [-0.25, -0.2) is 0 Å². The molecule has 2 heterocycles. The molecule has 21 heavy (non-hydrogen) atoms. The number of aryl methyl sites for hydroxylation is 2. The van der Waals surface area contributed by atoms with Gasteiger partial charge in [0.2, 0.25) is 0 Å². The van der Waals surface area contributed by atoms with E-state index in [0.29, 0.717) is 5.88 Å². The van der Waals surface area contributed by atoms with Gasteiger partial charge < -0.3 is 0 Å². The fourth-order valence-corrected chi connectivity index (χ4v) is 3.32. The fraction of sp³-hybridized carbons (Fsp3) is 0.133. The van der Waals surface area contributed by atoms with Crippen LogP contribution in [0.5, 0.6) is 11.6 Å². The van der Waals surface area contributed by atoms with Crippen molar-refractivity contribution in [3.8, 4) is 22.9 Å². The van der Waals surface area contributed by atoms with Gasteiger partial charge in [-0.2, -0.15) is 0 Å². The molecule has 0 fully saturated rings. The van der Waals surface area contributed by atoms with E-state index in [1.54, 1.807) is 29.9 Å². The standard InChI is InChI=1S/C15H12AsN3OS/c1-9-5-11(20-13-7-17-3-4-18-13)6-10(2)14(9)12-8-21-15(16)19-12/h3-8H,1-2H3. The van der Waals surface area contributed by atoms with Crippen molar-refractivity contribution < 1.29 is 4.74 Å². The van der Waals surface area contributed by atoms with Gasteiger partial charge in [-0.05, 0) is 0 Å². The monoisotopic (exact) mass is 357 g/mol. The van der Waals surface area contributed by atoms with Crippen LogP contribution in [-0.4, -0.2) is 31.8 Å². The van der Waals surface area contributed by atoms with Crippen molar-refractivity contribution in [3.05, 3.63) is 47.2 Å². The molecule has 0 aliphatic heterocycles. The molecule has 0 aliphatic carbocycles. The first-order chi connectivity index (χ1) is 10.1. The summed E-state index contributed by atoms with van der Waals surface area (Å²) in [6.07, 6.45) is 4.83. The van der Waals surface area contributed by atoms with E-state index >= 15 is 0 Å². The van der Waals surface area contributed by atoms with Gasteiger partial charge in [0, 0.05) is 0 Å². The molecule has 4 nitrogen and oxygen atoms in total. The molecule has 0 unspecified atom stereocenters. The van der Waals surface area contributed by atoms with Gasteiger partial charge in [-0.15, -0.1) is 0 Å². The number of nitrogens with zero attached hydrogens (tertiary/aromatic N) is 3. The number of benzene rings is 1. The Kier molecular flexibility index (Phi) is 4.04. The third kappa shape index (κ3) is 3.14. The molecule has 0 bridgehead atoms. The summed E-state index contributed by atoms with van der Waals surface area (Å²) >= 11 is 4.12. The number of hydrogen-bond acceptors (Lipinski definition) is 5. The van der Waals surface area contributed by atoms with Crippen molar-refractivity contribution in [2.75, 3.05) is 0 Å². The Morgan fingerprint density at radius 3 is 2.48 bits per heavy atom. The van der Waals surface area contributed by atoms with Gasteiger partial charge in [0.05, 0.1) is 0 Å².